The Bertz CT molecular complexity index is 614. The predicted molar refractivity (Wildman–Crippen MR) is 95.1 cm³/mol. The molecule has 0 bridgehead atoms. The number of aromatic nitrogens is 1. The van der Waals surface area contributed by atoms with Crippen molar-refractivity contribution in [3.63, 3.8) is 0 Å². The van der Waals surface area contributed by atoms with Gasteiger partial charge in [-0.05, 0) is 37.4 Å². The Kier molecular flexibility index (Phi) is 5.59. The van der Waals surface area contributed by atoms with Crippen LogP contribution in [-0.2, 0) is 6.54 Å². The molecule has 110 valence electrons. The molecule has 0 amide bonds. The Morgan fingerprint density at radius 3 is 2.67 bits per heavy atom. The Morgan fingerprint density at radius 2 is 2.10 bits per heavy atom. The van der Waals surface area contributed by atoms with Gasteiger partial charge in [-0.25, -0.2) is 0 Å². The molecule has 0 spiro atoms. The quantitative estimate of drug-likeness (QED) is 0.653. The van der Waals surface area contributed by atoms with Crippen molar-refractivity contribution in [3.8, 4) is 0 Å². The highest BCUT2D eigenvalue weighted by Crippen LogP contribution is 2.30. The standard InChI is InChI=1S/C16H19N3S2/c1-3-19(11-12-7-4-5-10-18-12)13-8-6-9-14(21-2)15(13)16(17)20/h4-10H,3,11H2,1-2H3,(H2,17,20). The van der Waals surface area contributed by atoms with Crippen molar-refractivity contribution in [2.45, 2.75) is 18.4 Å². The molecule has 1 aromatic heterocycles. The van der Waals surface area contributed by atoms with E-state index in [0.717, 1.165) is 34.9 Å². The molecule has 0 aliphatic carbocycles. The van der Waals surface area contributed by atoms with Crippen LogP contribution in [0.4, 0.5) is 5.69 Å². The summed E-state index contributed by atoms with van der Waals surface area (Å²) in [6.45, 7) is 3.73. The van der Waals surface area contributed by atoms with E-state index in [4.69, 9.17) is 18.0 Å². The highest BCUT2D eigenvalue weighted by Gasteiger charge is 2.15. The van der Waals surface area contributed by atoms with Gasteiger partial charge in [0.2, 0.25) is 0 Å². The maximum atomic E-state index is 5.95. The molecule has 1 aromatic carbocycles. The zero-order valence-corrected chi connectivity index (χ0v) is 13.9. The number of hydrogen-bond donors (Lipinski definition) is 1. The fourth-order valence-corrected chi connectivity index (χ4v) is 3.17. The van der Waals surface area contributed by atoms with Crippen molar-refractivity contribution in [1.82, 2.24) is 4.98 Å². The Balaban J connectivity index is 2.40. The average Bonchev–Trinajstić information content (AvgIpc) is 2.52. The highest BCUT2D eigenvalue weighted by atomic mass is 32.2. The molecule has 0 saturated heterocycles. The molecule has 0 aliphatic rings. The lowest BCUT2D eigenvalue weighted by Gasteiger charge is -2.26. The first-order chi connectivity index (χ1) is 10.2. The molecule has 2 rings (SSSR count). The summed E-state index contributed by atoms with van der Waals surface area (Å²) in [4.78, 5) is 8.19. The van der Waals surface area contributed by atoms with Crippen molar-refractivity contribution in [2.75, 3.05) is 17.7 Å². The van der Waals surface area contributed by atoms with Gasteiger partial charge in [0.05, 0.1) is 12.2 Å². The smallest absolute Gasteiger partial charge is 0.107 e. The molecule has 0 saturated carbocycles. The third kappa shape index (κ3) is 3.74. The first-order valence-electron chi connectivity index (χ1n) is 6.79. The molecule has 0 aliphatic heterocycles. The number of rotatable bonds is 6. The van der Waals surface area contributed by atoms with E-state index in [0.29, 0.717) is 4.99 Å². The topological polar surface area (TPSA) is 42.2 Å². The first kappa shape index (κ1) is 15.8. The van der Waals surface area contributed by atoms with Crippen molar-refractivity contribution in [1.29, 1.82) is 0 Å². The molecule has 0 fully saturated rings. The van der Waals surface area contributed by atoms with Crippen molar-refractivity contribution in [3.05, 3.63) is 53.9 Å². The Labute approximate surface area is 135 Å². The molecule has 0 radical (unpaired) electrons. The molecule has 0 atom stereocenters. The average molecular weight is 317 g/mol. The molecule has 2 aromatic rings. The maximum Gasteiger partial charge on any atom is 0.107 e. The summed E-state index contributed by atoms with van der Waals surface area (Å²) >= 11 is 6.92. The number of thiocarbonyl (C=S) groups is 1. The minimum atomic E-state index is 0.439. The third-order valence-corrected chi connectivity index (χ3v) is 4.26. The van der Waals surface area contributed by atoms with Crippen molar-refractivity contribution < 1.29 is 0 Å². The molecular weight excluding hydrogens is 298 g/mol. The van der Waals surface area contributed by atoms with Gasteiger partial charge in [-0.3, -0.25) is 4.98 Å². The number of nitrogens with two attached hydrogens (primary N) is 1. The maximum absolute atomic E-state index is 5.95. The second-order valence-electron chi connectivity index (χ2n) is 4.55. The molecule has 5 heteroatoms. The third-order valence-electron chi connectivity index (χ3n) is 3.27. The van der Waals surface area contributed by atoms with Gasteiger partial charge in [0, 0.05) is 28.9 Å². The van der Waals surface area contributed by atoms with Crippen LogP contribution in [0.3, 0.4) is 0 Å². The van der Waals surface area contributed by atoms with Crippen LogP contribution in [0.25, 0.3) is 0 Å². The molecule has 0 unspecified atom stereocenters. The van der Waals surface area contributed by atoms with Crippen LogP contribution in [0.5, 0.6) is 0 Å². The van der Waals surface area contributed by atoms with Crippen LogP contribution in [-0.4, -0.2) is 22.8 Å². The van der Waals surface area contributed by atoms with E-state index in [1.807, 2.05) is 36.7 Å². The molecule has 21 heavy (non-hydrogen) atoms. The van der Waals surface area contributed by atoms with Gasteiger partial charge >= 0.3 is 0 Å². The molecule has 1 heterocycles. The van der Waals surface area contributed by atoms with E-state index in [-0.39, 0.29) is 0 Å². The monoisotopic (exact) mass is 317 g/mol. The Hall–Kier alpha value is -1.59. The summed E-state index contributed by atoms with van der Waals surface area (Å²) in [5, 5.41) is 0. The Morgan fingerprint density at radius 1 is 1.29 bits per heavy atom. The number of hydrogen-bond acceptors (Lipinski definition) is 4. The second-order valence-corrected chi connectivity index (χ2v) is 5.84. The predicted octanol–water partition coefficient (Wildman–Crippen LogP) is 3.46. The van der Waals surface area contributed by atoms with Crippen molar-refractivity contribution >= 4 is 34.7 Å². The zero-order chi connectivity index (χ0) is 15.2. The fraction of sp³-hybridized carbons (Fsp3) is 0.250. The molecule has 3 nitrogen and oxygen atoms in total. The molecular formula is C16H19N3S2. The summed E-state index contributed by atoms with van der Waals surface area (Å²) in [7, 11) is 0. The summed E-state index contributed by atoms with van der Waals surface area (Å²) in [6, 6.07) is 12.1. The lowest BCUT2D eigenvalue weighted by molar-refractivity contribution is 0.807. The number of nitrogens with zero attached hydrogens (tertiary/aromatic N) is 2. The van der Waals surface area contributed by atoms with Crippen LogP contribution in [0.1, 0.15) is 18.2 Å². The van der Waals surface area contributed by atoms with E-state index in [1.165, 1.54) is 0 Å². The summed E-state index contributed by atoms with van der Waals surface area (Å²) < 4.78 is 0. The van der Waals surface area contributed by atoms with Crippen LogP contribution < -0.4 is 10.6 Å². The lowest BCUT2D eigenvalue weighted by Crippen LogP contribution is -2.26. The zero-order valence-electron chi connectivity index (χ0n) is 12.2. The largest absolute Gasteiger partial charge is 0.389 e. The van der Waals surface area contributed by atoms with Crippen LogP contribution in [0, 0.1) is 0 Å². The first-order valence-corrected chi connectivity index (χ1v) is 8.42. The van der Waals surface area contributed by atoms with E-state index in [2.05, 4.69) is 28.9 Å². The summed E-state index contributed by atoms with van der Waals surface area (Å²) in [6.07, 6.45) is 3.85. The van der Waals surface area contributed by atoms with Gasteiger partial charge in [-0.2, -0.15) is 0 Å². The van der Waals surface area contributed by atoms with E-state index < -0.39 is 0 Å². The number of anilines is 1. The van der Waals surface area contributed by atoms with Crippen LogP contribution >= 0.6 is 24.0 Å². The van der Waals surface area contributed by atoms with Crippen LogP contribution in [0.15, 0.2) is 47.5 Å². The SMILES string of the molecule is CCN(Cc1ccccn1)c1cccc(SC)c1C(N)=S. The minimum absolute atomic E-state index is 0.439. The summed E-state index contributed by atoms with van der Waals surface area (Å²) in [5.74, 6) is 0. The van der Waals surface area contributed by atoms with Gasteiger partial charge in [0.1, 0.15) is 4.99 Å². The highest BCUT2D eigenvalue weighted by molar-refractivity contribution is 7.98. The van der Waals surface area contributed by atoms with Crippen molar-refractivity contribution in [2.24, 2.45) is 5.73 Å². The minimum Gasteiger partial charge on any atom is -0.389 e. The second kappa shape index (κ2) is 7.43. The summed E-state index contributed by atoms with van der Waals surface area (Å²) in [5.41, 5.74) is 9.01. The van der Waals surface area contributed by atoms with Gasteiger partial charge in [-0.15, -0.1) is 11.8 Å². The number of benzene rings is 1. The van der Waals surface area contributed by atoms with E-state index in [1.54, 1.807) is 11.8 Å². The van der Waals surface area contributed by atoms with Gasteiger partial charge < -0.3 is 10.6 Å². The van der Waals surface area contributed by atoms with Gasteiger partial charge in [0.25, 0.3) is 0 Å². The molecule has 2 N–H and O–H groups in total. The van der Waals surface area contributed by atoms with E-state index in [9.17, 15) is 0 Å². The number of pyridine rings is 1. The lowest BCUT2D eigenvalue weighted by atomic mass is 10.1. The van der Waals surface area contributed by atoms with E-state index >= 15 is 0 Å². The normalized spacial score (nSPS) is 10.4. The van der Waals surface area contributed by atoms with Crippen LogP contribution in [0.2, 0.25) is 0 Å². The van der Waals surface area contributed by atoms with Gasteiger partial charge in [0.15, 0.2) is 0 Å². The number of thioether (sulfide) groups is 1. The van der Waals surface area contributed by atoms with Gasteiger partial charge in [-0.1, -0.05) is 24.4 Å². The fourth-order valence-electron chi connectivity index (χ4n) is 2.26.